The van der Waals surface area contributed by atoms with Crippen LogP contribution in [0.25, 0.3) is 0 Å². The number of nitrogens with one attached hydrogen (secondary N) is 1. The van der Waals surface area contributed by atoms with Crippen LogP contribution in [0.15, 0.2) is 6.07 Å². The van der Waals surface area contributed by atoms with Gasteiger partial charge in [0.1, 0.15) is 11.6 Å². The van der Waals surface area contributed by atoms with Gasteiger partial charge in [-0.1, -0.05) is 83.5 Å². The Morgan fingerprint density at radius 3 is 2.29 bits per heavy atom. The van der Waals surface area contributed by atoms with Gasteiger partial charge >= 0.3 is 0 Å². The maximum absolute atomic E-state index is 12.5. The fourth-order valence-electron chi connectivity index (χ4n) is 8.29. The van der Waals surface area contributed by atoms with Crippen molar-refractivity contribution in [1.82, 2.24) is 14.9 Å². The van der Waals surface area contributed by atoms with Crippen LogP contribution >= 0.6 is 7.37 Å². The lowest BCUT2D eigenvalue weighted by Gasteiger charge is -2.35. The summed E-state index contributed by atoms with van der Waals surface area (Å²) in [4.78, 5) is 14.3. The normalized spacial score (nSPS) is 28.3. The molecule has 3 atom stereocenters. The summed E-state index contributed by atoms with van der Waals surface area (Å²) < 4.78 is 18.0. The van der Waals surface area contributed by atoms with Crippen LogP contribution in [-0.4, -0.2) is 72.6 Å². The highest BCUT2D eigenvalue weighted by atomic mass is 31.2. The molecule has 3 N–H and O–H groups in total. The average Bonchev–Trinajstić information content (AvgIpc) is 3.59. The molecule has 0 amide bonds. The smallest absolute Gasteiger partial charge is 0.226 e. The second kappa shape index (κ2) is 15.6. The fraction of sp³-hybridized carbons (Fsp3) is 0.879. The molecule has 1 aromatic heterocycles. The molecule has 1 aromatic rings. The lowest BCUT2D eigenvalue weighted by Crippen LogP contribution is -2.47. The van der Waals surface area contributed by atoms with Gasteiger partial charge in [-0.3, -0.25) is 9.46 Å². The van der Waals surface area contributed by atoms with Gasteiger partial charge in [0.2, 0.25) is 13.3 Å². The first kappa shape index (κ1) is 32.0. The number of nitrogens with two attached hydrogens (primary N) is 1. The van der Waals surface area contributed by atoms with Crippen molar-refractivity contribution in [3.05, 3.63) is 6.07 Å². The van der Waals surface area contributed by atoms with Crippen LogP contribution in [0.2, 0.25) is 0 Å². The quantitative estimate of drug-likeness (QED) is 0.149. The Labute approximate surface area is 255 Å². The van der Waals surface area contributed by atoms with E-state index in [-0.39, 0.29) is 0 Å². The number of fused-ring (bicyclic) bond motifs is 2. The monoisotopic (exact) mass is 602 g/mol. The molecule has 2 aliphatic heterocycles. The molecule has 42 heavy (non-hydrogen) atoms. The van der Waals surface area contributed by atoms with E-state index in [9.17, 15) is 4.57 Å². The van der Waals surface area contributed by atoms with E-state index in [0.29, 0.717) is 42.5 Å². The van der Waals surface area contributed by atoms with E-state index in [1.807, 2.05) is 13.0 Å². The van der Waals surface area contributed by atoms with Crippen LogP contribution in [0.1, 0.15) is 110 Å². The number of hydrogen-bond donors (Lipinski definition) is 2. The van der Waals surface area contributed by atoms with Crippen molar-refractivity contribution in [3.63, 3.8) is 0 Å². The zero-order valence-electron chi connectivity index (χ0n) is 26.7. The van der Waals surface area contributed by atoms with Gasteiger partial charge in [0.25, 0.3) is 0 Å². The number of rotatable bonds is 16. The van der Waals surface area contributed by atoms with E-state index in [4.69, 9.17) is 15.2 Å². The maximum atomic E-state index is 12.5. The number of unbranched alkanes of at least 4 members (excludes halogenated alkanes) is 3. The van der Waals surface area contributed by atoms with Crippen molar-refractivity contribution in [2.45, 2.75) is 122 Å². The molecule has 3 heterocycles. The predicted octanol–water partition coefficient (Wildman–Crippen LogP) is 7.41. The molecule has 2 saturated carbocycles. The number of nitrogen functional groups attached to an aromatic ring is 1. The van der Waals surface area contributed by atoms with Crippen molar-refractivity contribution >= 4 is 25.0 Å². The number of aromatic nitrogens is 2. The molecule has 4 aliphatic rings. The Kier molecular flexibility index (Phi) is 11.9. The third-order valence-corrected chi connectivity index (χ3v) is 12.6. The zero-order valence-corrected chi connectivity index (χ0v) is 27.5. The Morgan fingerprint density at radius 2 is 1.62 bits per heavy atom. The van der Waals surface area contributed by atoms with Gasteiger partial charge in [0, 0.05) is 57.2 Å². The van der Waals surface area contributed by atoms with Crippen molar-refractivity contribution in [2.24, 2.45) is 17.8 Å². The van der Waals surface area contributed by atoms with Gasteiger partial charge in [-0.25, -0.2) is 0 Å². The molecule has 0 spiro atoms. The number of nitrogens with zero attached hydrogens (tertiary/aromatic N) is 4. The molecule has 4 fully saturated rings. The molecule has 0 radical (unpaired) electrons. The molecule has 2 aliphatic carbocycles. The van der Waals surface area contributed by atoms with E-state index < -0.39 is 7.37 Å². The number of likely N-dealkylation sites (tertiary alicyclic amines) is 1. The maximum Gasteiger partial charge on any atom is 0.226 e. The highest BCUT2D eigenvalue weighted by molar-refractivity contribution is 7.58. The van der Waals surface area contributed by atoms with Crippen LogP contribution in [0.3, 0.4) is 0 Å². The Hall–Kier alpha value is -1.37. The van der Waals surface area contributed by atoms with Gasteiger partial charge in [-0.15, -0.1) is 0 Å². The van der Waals surface area contributed by atoms with Crippen LogP contribution in [0.4, 0.5) is 17.6 Å². The third-order valence-electron chi connectivity index (χ3n) is 10.8. The molecular formula is C33H59N6O2P. The predicted molar refractivity (Wildman–Crippen MR) is 176 cm³/mol. The molecule has 8 nitrogen and oxygen atoms in total. The van der Waals surface area contributed by atoms with Gasteiger partial charge in [0.05, 0.1) is 6.61 Å². The van der Waals surface area contributed by atoms with Crippen molar-refractivity contribution in [2.75, 3.05) is 61.6 Å². The molecule has 238 valence electrons. The van der Waals surface area contributed by atoms with Crippen LogP contribution in [0.5, 0.6) is 0 Å². The summed E-state index contributed by atoms with van der Waals surface area (Å²) in [6, 6.07) is 2.82. The SMILES string of the molecule is CCOP(C)(=O)CCN1CC2CC1CN2c1cc(N)nc(NCC2CCC(CCCCCCC3CCCCC3)CC2)n1. The van der Waals surface area contributed by atoms with Gasteiger partial charge in [-0.2, -0.15) is 9.97 Å². The summed E-state index contributed by atoms with van der Waals surface area (Å²) in [6.45, 7) is 7.88. The van der Waals surface area contributed by atoms with E-state index in [1.54, 1.807) is 6.66 Å². The zero-order chi connectivity index (χ0) is 29.4. The van der Waals surface area contributed by atoms with Crippen molar-refractivity contribution in [1.29, 1.82) is 0 Å². The minimum atomic E-state index is -2.49. The first-order valence-corrected chi connectivity index (χ1v) is 19.7. The topological polar surface area (TPSA) is 96.6 Å². The average molecular weight is 603 g/mol. The lowest BCUT2D eigenvalue weighted by atomic mass is 9.79. The van der Waals surface area contributed by atoms with E-state index in [0.717, 1.165) is 50.3 Å². The first-order valence-electron chi connectivity index (χ1n) is 17.5. The highest BCUT2D eigenvalue weighted by Gasteiger charge is 2.44. The molecule has 0 aromatic carbocycles. The lowest BCUT2D eigenvalue weighted by molar-refractivity contribution is 0.247. The summed E-state index contributed by atoms with van der Waals surface area (Å²) in [7, 11) is -2.49. The first-order chi connectivity index (χ1) is 20.4. The van der Waals surface area contributed by atoms with Gasteiger partial charge in [0.15, 0.2) is 0 Å². The molecule has 3 unspecified atom stereocenters. The van der Waals surface area contributed by atoms with E-state index in [2.05, 4.69) is 20.1 Å². The summed E-state index contributed by atoms with van der Waals surface area (Å²) in [6.07, 6.45) is 23.3. The molecule has 2 saturated heterocycles. The van der Waals surface area contributed by atoms with Crippen LogP contribution < -0.4 is 16.0 Å². The summed E-state index contributed by atoms with van der Waals surface area (Å²) >= 11 is 0. The molecular weight excluding hydrogens is 543 g/mol. The van der Waals surface area contributed by atoms with Crippen LogP contribution in [0, 0.1) is 17.8 Å². The second-order valence-corrected chi connectivity index (χ2v) is 16.8. The van der Waals surface area contributed by atoms with Gasteiger partial charge < -0.3 is 20.5 Å². The van der Waals surface area contributed by atoms with Crippen LogP contribution in [-0.2, 0) is 9.09 Å². The van der Waals surface area contributed by atoms with E-state index in [1.165, 1.54) is 96.3 Å². The minimum absolute atomic E-state index is 0.424. The molecule has 9 heteroatoms. The van der Waals surface area contributed by atoms with Gasteiger partial charge in [-0.05, 0) is 43.9 Å². The Bertz CT molecular complexity index is 1010. The summed E-state index contributed by atoms with van der Waals surface area (Å²) in [5, 5.41) is 3.54. The van der Waals surface area contributed by atoms with E-state index >= 15 is 0 Å². The second-order valence-electron chi connectivity index (χ2n) is 14.1. The summed E-state index contributed by atoms with van der Waals surface area (Å²) in [5.74, 6) is 4.83. The largest absolute Gasteiger partial charge is 0.383 e. The molecule has 5 rings (SSSR count). The summed E-state index contributed by atoms with van der Waals surface area (Å²) in [5.41, 5.74) is 6.24. The number of piperazine rings is 1. The Morgan fingerprint density at radius 1 is 0.929 bits per heavy atom. The number of hydrogen-bond acceptors (Lipinski definition) is 8. The fourth-order valence-corrected chi connectivity index (χ4v) is 9.58. The number of anilines is 3. The molecule has 2 bridgehead atoms. The Balaban J connectivity index is 0.978. The third kappa shape index (κ3) is 9.32. The van der Waals surface area contributed by atoms with Crippen molar-refractivity contribution < 1.29 is 9.09 Å². The van der Waals surface area contributed by atoms with Crippen molar-refractivity contribution in [3.8, 4) is 0 Å². The highest BCUT2D eigenvalue weighted by Crippen LogP contribution is 2.43. The minimum Gasteiger partial charge on any atom is -0.383 e. The standard InChI is InChI=1S/C33H59N6O2P/c1-3-41-42(2,40)20-19-38-24-30-21-29(38)25-39(30)32-22-31(34)36-33(37-32)35-23-28-17-15-27(16-18-28)14-8-5-4-7-11-26-12-9-6-10-13-26/h22,26-30H,3-21,23-25H2,1-2H3,(H3,34,35,36,37).